The van der Waals surface area contributed by atoms with Gasteiger partial charge in [0.25, 0.3) is 0 Å². The summed E-state index contributed by atoms with van der Waals surface area (Å²) in [6.07, 6.45) is 2.96. The summed E-state index contributed by atoms with van der Waals surface area (Å²) < 4.78 is 0. The molecule has 0 N–H and O–H groups in total. The van der Waals surface area contributed by atoms with Crippen molar-refractivity contribution in [2.45, 2.75) is 13.3 Å². The van der Waals surface area contributed by atoms with E-state index in [9.17, 15) is 0 Å². The summed E-state index contributed by atoms with van der Waals surface area (Å²) in [6, 6.07) is 0. The van der Waals surface area contributed by atoms with Crippen molar-refractivity contribution in [1.29, 1.82) is 0 Å². The van der Waals surface area contributed by atoms with Gasteiger partial charge in [0.05, 0.1) is 0 Å². The summed E-state index contributed by atoms with van der Waals surface area (Å²) >= 11 is 0. The molecule has 7 heavy (non-hydrogen) atoms. The molecular weight excluding hydrogens is 86.1 g/mol. The lowest BCUT2D eigenvalue weighted by Crippen LogP contribution is -2.03. The Kier molecular flexibility index (Phi) is 5.46. The van der Waals surface area contributed by atoms with E-state index in [1.807, 2.05) is 6.08 Å². The molecule has 0 aliphatic heterocycles. The first kappa shape index (κ1) is 6.70. The zero-order chi connectivity index (χ0) is 5.54. The Morgan fingerprint density at radius 1 is 1.71 bits per heavy atom. The van der Waals surface area contributed by atoms with E-state index in [2.05, 4.69) is 18.8 Å². The molecule has 0 aromatic carbocycles. The van der Waals surface area contributed by atoms with E-state index in [-0.39, 0.29) is 0 Å². The van der Waals surface area contributed by atoms with Crippen molar-refractivity contribution in [1.82, 2.24) is 5.32 Å². The minimum absolute atomic E-state index is 0.813. The summed E-state index contributed by atoms with van der Waals surface area (Å²) in [5.74, 6) is 0. The van der Waals surface area contributed by atoms with Gasteiger partial charge >= 0.3 is 0 Å². The SMILES string of the molecule is C=CC[N]CCC. The van der Waals surface area contributed by atoms with Crippen LogP contribution in [0, 0.1) is 0 Å². The Balaban J connectivity index is 2.56. The highest BCUT2D eigenvalue weighted by molar-refractivity contribution is 4.68. The van der Waals surface area contributed by atoms with Crippen LogP contribution < -0.4 is 5.32 Å². The molecule has 0 heterocycles. The van der Waals surface area contributed by atoms with Crippen molar-refractivity contribution in [2.75, 3.05) is 13.1 Å². The van der Waals surface area contributed by atoms with Crippen molar-refractivity contribution in [3.8, 4) is 0 Å². The highest BCUT2D eigenvalue weighted by Crippen LogP contribution is 1.70. The van der Waals surface area contributed by atoms with E-state index < -0.39 is 0 Å². The van der Waals surface area contributed by atoms with Crippen molar-refractivity contribution in [3.63, 3.8) is 0 Å². The molecule has 0 saturated carbocycles. The van der Waals surface area contributed by atoms with E-state index in [4.69, 9.17) is 0 Å². The Hall–Kier alpha value is -0.300. The second kappa shape index (κ2) is 5.70. The maximum Gasteiger partial charge on any atom is 0.0311 e. The first-order valence-corrected chi connectivity index (χ1v) is 2.66. The minimum Gasteiger partial charge on any atom is -0.238 e. The van der Waals surface area contributed by atoms with Gasteiger partial charge in [0.2, 0.25) is 0 Å². The molecule has 0 aromatic heterocycles. The van der Waals surface area contributed by atoms with Gasteiger partial charge in [0.15, 0.2) is 0 Å². The van der Waals surface area contributed by atoms with Gasteiger partial charge in [-0.2, -0.15) is 0 Å². The van der Waals surface area contributed by atoms with E-state index in [1.165, 1.54) is 0 Å². The number of hydrogen-bond acceptors (Lipinski definition) is 0. The van der Waals surface area contributed by atoms with Gasteiger partial charge < -0.3 is 0 Å². The molecule has 0 unspecified atom stereocenters. The van der Waals surface area contributed by atoms with E-state index >= 15 is 0 Å². The number of nitrogens with zero attached hydrogens (tertiary/aromatic N) is 1. The first-order chi connectivity index (χ1) is 3.41. The van der Waals surface area contributed by atoms with Crippen LogP contribution in [0.15, 0.2) is 12.7 Å². The van der Waals surface area contributed by atoms with Crippen LogP contribution in [0.25, 0.3) is 0 Å². The third kappa shape index (κ3) is 5.70. The van der Waals surface area contributed by atoms with Gasteiger partial charge in [-0.05, 0) is 6.42 Å². The number of hydrogen-bond donors (Lipinski definition) is 0. The predicted octanol–water partition coefficient (Wildman–Crippen LogP) is 1.19. The summed E-state index contributed by atoms with van der Waals surface area (Å²) in [5, 5.41) is 4.09. The molecule has 0 rings (SSSR count). The van der Waals surface area contributed by atoms with Gasteiger partial charge in [0.1, 0.15) is 0 Å². The third-order valence-corrected chi connectivity index (χ3v) is 0.640. The third-order valence-electron chi connectivity index (χ3n) is 0.640. The van der Waals surface area contributed by atoms with Crippen LogP contribution in [0.4, 0.5) is 0 Å². The maximum absolute atomic E-state index is 4.09. The standard InChI is InChI=1S/C6H12N/c1-3-5-7-6-4-2/h3H,1,4-6H2,2H3. The average molecular weight is 98.2 g/mol. The Morgan fingerprint density at radius 2 is 2.43 bits per heavy atom. The van der Waals surface area contributed by atoms with E-state index in [0.29, 0.717) is 0 Å². The van der Waals surface area contributed by atoms with Crippen LogP contribution >= 0.6 is 0 Å². The maximum atomic E-state index is 4.09. The molecular formula is C6H12N. The molecule has 0 fully saturated rings. The smallest absolute Gasteiger partial charge is 0.0311 e. The normalized spacial score (nSPS) is 8.71. The fraction of sp³-hybridized carbons (Fsp3) is 0.667. The Morgan fingerprint density at radius 3 is 2.86 bits per heavy atom. The lowest BCUT2D eigenvalue weighted by molar-refractivity contribution is 0.715. The molecule has 0 saturated heterocycles. The van der Waals surface area contributed by atoms with E-state index in [1.54, 1.807) is 0 Å². The largest absolute Gasteiger partial charge is 0.238 e. The van der Waals surface area contributed by atoms with Crippen molar-refractivity contribution in [2.24, 2.45) is 0 Å². The molecule has 0 aliphatic carbocycles. The lowest BCUT2D eigenvalue weighted by atomic mass is 10.5. The molecule has 0 aliphatic rings. The lowest BCUT2D eigenvalue weighted by Gasteiger charge is -1.89. The summed E-state index contributed by atoms with van der Waals surface area (Å²) in [5.41, 5.74) is 0. The molecule has 0 atom stereocenters. The Bertz CT molecular complexity index is 41.4. The summed E-state index contributed by atoms with van der Waals surface area (Å²) in [6.45, 7) is 7.45. The van der Waals surface area contributed by atoms with Crippen LogP contribution in [0.2, 0.25) is 0 Å². The zero-order valence-corrected chi connectivity index (χ0v) is 4.85. The average Bonchev–Trinajstić information content (AvgIpc) is 1.69. The second-order valence-corrected chi connectivity index (χ2v) is 1.42. The van der Waals surface area contributed by atoms with Gasteiger partial charge in [-0.25, -0.2) is 5.32 Å². The monoisotopic (exact) mass is 98.1 g/mol. The summed E-state index contributed by atoms with van der Waals surface area (Å²) in [4.78, 5) is 0. The molecule has 0 spiro atoms. The molecule has 0 amide bonds. The molecule has 41 valence electrons. The molecule has 0 aromatic rings. The van der Waals surface area contributed by atoms with Crippen molar-refractivity contribution < 1.29 is 0 Å². The van der Waals surface area contributed by atoms with Crippen LogP contribution in [-0.2, 0) is 0 Å². The fourth-order valence-electron chi connectivity index (χ4n) is 0.341. The zero-order valence-electron chi connectivity index (χ0n) is 4.85. The van der Waals surface area contributed by atoms with Crippen molar-refractivity contribution in [3.05, 3.63) is 12.7 Å². The van der Waals surface area contributed by atoms with Gasteiger partial charge in [-0.3, -0.25) is 0 Å². The predicted molar refractivity (Wildman–Crippen MR) is 32.4 cm³/mol. The number of rotatable bonds is 4. The van der Waals surface area contributed by atoms with E-state index in [0.717, 1.165) is 19.5 Å². The topological polar surface area (TPSA) is 14.1 Å². The minimum atomic E-state index is 0.813. The fourth-order valence-corrected chi connectivity index (χ4v) is 0.341. The first-order valence-electron chi connectivity index (χ1n) is 2.66. The van der Waals surface area contributed by atoms with Crippen LogP contribution in [0.1, 0.15) is 13.3 Å². The van der Waals surface area contributed by atoms with Gasteiger partial charge in [0, 0.05) is 13.1 Å². The quantitative estimate of drug-likeness (QED) is 0.370. The molecule has 1 nitrogen and oxygen atoms in total. The van der Waals surface area contributed by atoms with Crippen LogP contribution in [0.5, 0.6) is 0 Å². The van der Waals surface area contributed by atoms with Gasteiger partial charge in [-0.15, -0.1) is 6.58 Å². The highest BCUT2D eigenvalue weighted by atomic mass is 14.8. The van der Waals surface area contributed by atoms with Gasteiger partial charge in [-0.1, -0.05) is 13.0 Å². The second-order valence-electron chi connectivity index (χ2n) is 1.42. The molecule has 1 heteroatoms. The highest BCUT2D eigenvalue weighted by Gasteiger charge is 1.76. The molecule has 0 bridgehead atoms. The summed E-state index contributed by atoms with van der Waals surface area (Å²) in [7, 11) is 0. The molecule has 1 radical (unpaired) electrons. The Labute approximate surface area is 45.4 Å². The van der Waals surface area contributed by atoms with Crippen LogP contribution in [-0.4, -0.2) is 13.1 Å². The van der Waals surface area contributed by atoms with Crippen LogP contribution in [0.3, 0.4) is 0 Å². The van der Waals surface area contributed by atoms with Crippen molar-refractivity contribution >= 4 is 0 Å².